The maximum atomic E-state index is 12.0. The van der Waals surface area contributed by atoms with E-state index >= 15 is 0 Å². The second-order valence-electron chi connectivity index (χ2n) is 6.56. The van der Waals surface area contributed by atoms with Crippen molar-refractivity contribution in [3.05, 3.63) is 83.1 Å². The Bertz CT molecular complexity index is 959. The lowest BCUT2D eigenvalue weighted by atomic mass is 10.0. The summed E-state index contributed by atoms with van der Waals surface area (Å²) in [4.78, 5) is 23.9. The van der Waals surface area contributed by atoms with Crippen LogP contribution in [0.5, 0.6) is 0 Å². The molecule has 1 aromatic heterocycles. The Morgan fingerprint density at radius 3 is 2.14 bits per heavy atom. The minimum atomic E-state index is -0.540. The predicted molar refractivity (Wildman–Crippen MR) is 109 cm³/mol. The van der Waals surface area contributed by atoms with Gasteiger partial charge < -0.3 is 19.2 Å². The quantitative estimate of drug-likeness (QED) is 0.601. The molecule has 6 heteroatoms. The van der Waals surface area contributed by atoms with Crippen molar-refractivity contribution in [3.8, 4) is 11.3 Å². The largest absolute Gasteiger partial charge is 0.465 e. The highest BCUT2D eigenvalue weighted by Gasteiger charge is 2.16. The number of esters is 2. The number of carbonyl (C=O) groups excluding carboxylic acids is 2. The number of benzene rings is 2. The molecule has 0 aliphatic heterocycles. The van der Waals surface area contributed by atoms with Crippen LogP contribution in [0.15, 0.2) is 65.1 Å². The average molecular weight is 393 g/mol. The van der Waals surface area contributed by atoms with Crippen molar-refractivity contribution in [2.24, 2.45) is 0 Å². The van der Waals surface area contributed by atoms with E-state index in [1.165, 1.54) is 25.8 Å². The Hall–Kier alpha value is -3.38. The van der Waals surface area contributed by atoms with Crippen LogP contribution in [0, 0.1) is 0 Å². The lowest BCUT2D eigenvalue weighted by Crippen LogP contribution is -2.17. The van der Waals surface area contributed by atoms with E-state index in [2.05, 4.69) is 24.4 Å². The molecule has 3 rings (SSSR count). The van der Waals surface area contributed by atoms with Crippen LogP contribution in [0.2, 0.25) is 0 Å². The summed E-state index contributed by atoms with van der Waals surface area (Å²) in [5, 5.41) is 3.42. The van der Waals surface area contributed by atoms with E-state index in [1.807, 2.05) is 30.3 Å². The van der Waals surface area contributed by atoms with Gasteiger partial charge in [-0.3, -0.25) is 0 Å². The molecule has 0 spiro atoms. The number of nitrogens with one attached hydrogen (secondary N) is 1. The number of carbonyl (C=O) groups is 2. The first kappa shape index (κ1) is 20.4. The molecule has 0 saturated carbocycles. The second kappa shape index (κ2) is 9.21. The highest BCUT2D eigenvalue weighted by molar-refractivity contribution is 5.97. The van der Waals surface area contributed by atoms with Gasteiger partial charge in [0.2, 0.25) is 0 Å². The van der Waals surface area contributed by atoms with Gasteiger partial charge in [0.05, 0.1) is 31.9 Å². The van der Waals surface area contributed by atoms with Crippen LogP contribution in [0.25, 0.3) is 11.3 Å². The van der Waals surface area contributed by atoms with Gasteiger partial charge in [0, 0.05) is 11.6 Å². The van der Waals surface area contributed by atoms with E-state index in [0.717, 1.165) is 5.76 Å². The van der Waals surface area contributed by atoms with Gasteiger partial charge in [-0.1, -0.05) is 30.3 Å². The molecule has 0 aliphatic carbocycles. The van der Waals surface area contributed by atoms with Crippen molar-refractivity contribution in [2.75, 3.05) is 14.2 Å². The number of methoxy groups -OCH3 is 2. The smallest absolute Gasteiger partial charge is 0.337 e. The van der Waals surface area contributed by atoms with Crippen LogP contribution >= 0.6 is 0 Å². The molecule has 0 amide bonds. The van der Waals surface area contributed by atoms with Crippen LogP contribution < -0.4 is 5.32 Å². The minimum absolute atomic E-state index is 0.165. The first-order valence-electron chi connectivity index (χ1n) is 9.21. The van der Waals surface area contributed by atoms with Crippen molar-refractivity contribution in [1.82, 2.24) is 5.32 Å². The zero-order valence-electron chi connectivity index (χ0n) is 16.6. The molecular weight excluding hydrogens is 370 g/mol. The molecule has 0 bridgehead atoms. The molecule has 150 valence electrons. The molecule has 2 aromatic carbocycles. The van der Waals surface area contributed by atoms with Crippen LogP contribution in [0.4, 0.5) is 0 Å². The molecule has 3 aromatic rings. The minimum Gasteiger partial charge on any atom is -0.465 e. The number of hydrogen-bond acceptors (Lipinski definition) is 6. The first-order valence-corrected chi connectivity index (χ1v) is 9.21. The lowest BCUT2D eigenvalue weighted by Gasteiger charge is -2.13. The maximum Gasteiger partial charge on any atom is 0.337 e. The van der Waals surface area contributed by atoms with Crippen molar-refractivity contribution in [3.63, 3.8) is 0 Å². The Labute approximate surface area is 169 Å². The summed E-state index contributed by atoms with van der Waals surface area (Å²) in [5.41, 5.74) is 2.28. The normalized spacial score (nSPS) is 11.7. The summed E-state index contributed by atoms with van der Waals surface area (Å²) in [5.74, 6) is 0.209. The van der Waals surface area contributed by atoms with E-state index in [-0.39, 0.29) is 17.2 Å². The standard InChI is InChI=1S/C23H23NO5/c1-15(16-7-5-4-6-8-16)24-14-20-9-10-21(29-20)17-11-18(22(25)27-2)13-19(12-17)23(26)28-3/h4-13,15,24H,14H2,1-3H3/t15-/m0/s1. The molecule has 1 N–H and O–H groups in total. The maximum absolute atomic E-state index is 12.0. The summed E-state index contributed by atoms with van der Waals surface area (Å²) < 4.78 is 15.5. The molecule has 1 heterocycles. The van der Waals surface area contributed by atoms with E-state index in [1.54, 1.807) is 12.1 Å². The van der Waals surface area contributed by atoms with E-state index in [9.17, 15) is 9.59 Å². The third-order valence-corrected chi connectivity index (χ3v) is 4.60. The molecule has 0 unspecified atom stereocenters. The lowest BCUT2D eigenvalue weighted by molar-refractivity contribution is 0.0599. The van der Waals surface area contributed by atoms with E-state index in [4.69, 9.17) is 13.9 Å². The SMILES string of the molecule is COC(=O)c1cc(C(=O)OC)cc(-c2ccc(CN[C@@H](C)c3ccccc3)o2)c1. The van der Waals surface area contributed by atoms with E-state index < -0.39 is 11.9 Å². The fourth-order valence-corrected chi connectivity index (χ4v) is 2.98. The third-order valence-electron chi connectivity index (χ3n) is 4.60. The Morgan fingerprint density at radius 2 is 1.55 bits per heavy atom. The molecule has 1 atom stereocenters. The van der Waals surface area contributed by atoms with Gasteiger partial charge in [0.1, 0.15) is 11.5 Å². The summed E-state index contributed by atoms with van der Waals surface area (Å²) in [6.07, 6.45) is 0. The van der Waals surface area contributed by atoms with Gasteiger partial charge in [-0.05, 0) is 42.8 Å². The van der Waals surface area contributed by atoms with E-state index in [0.29, 0.717) is 17.9 Å². The van der Waals surface area contributed by atoms with Crippen LogP contribution in [-0.4, -0.2) is 26.2 Å². The van der Waals surface area contributed by atoms with Gasteiger partial charge in [0.25, 0.3) is 0 Å². The summed E-state index contributed by atoms with van der Waals surface area (Å²) in [6, 6.07) is 18.7. The molecule has 0 fully saturated rings. The van der Waals surface area contributed by atoms with Crippen molar-refractivity contribution >= 4 is 11.9 Å². The first-order chi connectivity index (χ1) is 14.0. The number of rotatable bonds is 7. The second-order valence-corrected chi connectivity index (χ2v) is 6.56. The van der Waals surface area contributed by atoms with Crippen LogP contribution in [0.3, 0.4) is 0 Å². The molecular formula is C23H23NO5. The molecule has 6 nitrogen and oxygen atoms in total. The number of hydrogen-bond donors (Lipinski definition) is 1. The Balaban J connectivity index is 1.80. The summed E-state index contributed by atoms with van der Waals surface area (Å²) >= 11 is 0. The van der Waals surface area contributed by atoms with Crippen molar-refractivity contribution in [2.45, 2.75) is 19.5 Å². The van der Waals surface area contributed by atoms with Gasteiger partial charge in [-0.25, -0.2) is 9.59 Å². The van der Waals surface area contributed by atoms with Crippen LogP contribution in [-0.2, 0) is 16.0 Å². The predicted octanol–water partition coefficient (Wildman–Crippen LogP) is 4.37. The van der Waals surface area contributed by atoms with Gasteiger partial charge in [0.15, 0.2) is 0 Å². The Kier molecular flexibility index (Phi) is 6.46. The molecule has 0 radical (unpaired) electrons. The summed E-state index contributed by atoms with van der Waals surface area (Å²) in [7, 11) is 2.58. The zero-order valence-corrected chi connectivity index (χ0v) is 16.6. The summed E-state index contributed by atoms with van der Waals surface area (Å²) in [6.45, 7) is 2.62. The zero-order chi connectivity index (χ0) is 20.8. The molecule has 0 saturated heterocycles. The highest BCUT2D eigenvalue weighted by Crippen LogP contribution is 2.26. The fourth-order valence-electron chi connectivity index (χ4n) is 2.98. The molecule has 29 heavy (non-hydrogen) atoms. The van der Waals surface area contributed by atoms with Gasteiger partial charge >= 0.3 is 11.9 Å². The highest BCUT2D eigenvalue weighted by atomic mass is 16.5. The molecule has 0 aliphatic rings. The number of furan rings is 1. The topological polar surface area (TPSA) is 77.8 Å². The van der Waals surface area contributed by atoms with Crippen molar-refractivity contribution in [1.29, 1.82) is 0 Å². The Morgan fingerprint density at radius 1 is 0.931 bits per heavy atom. The van der Waals surface area contributed by atoms with Crippen LogP contribution in [0.1, 0.15) is 45.0 Å². The number of ether oxygens (including phenoxy) is 2. The fraction of sp³-hybridized carbons (Fsp3) is 0.217. The van der Waals surface area contributed by atoms with Gasteiger partial charge in [-0.15, -0.1) is 0 Å². The average Bonchev–Trinajstić information content (AvgIpc) is 3.25. The van der Waals surface area contributed by atoms with Crippen molar-refractivity contribution < 1.29 is 23.5 Å². The monoisotopic (exact) mass is 393 g/mol. The third kappa shape index (κ3) is 4.92. The van der Waals surface area contributed by atoms with Gasteiger partial charge in [-0.2, -0.15) is 0 Å².